The van der Waals surface area contributed by atoms with Crippen molar-refractivity contribution in [1.29, 1.82) is 0 Å². The minimum Gasteiger partial charge on any atom is -0.311 e. The molecule has 0 saturated carbocycles. The van der Waals surface area contributed by atoms with Gasteiger partial charge in [-0.05, 0) is 165 Å². The Bertz CT molecular complexity index is 6120. The maximum Gasteiger partial charge on any atom is 0.252 e. The van der Waals surface area contributed by atoms with Crippen LogP contribution in [0.2, 0.25) is 0 Å². The van der Waals surface area contributed by atoms with E-state index in [0.717, 1.165) is 145 Å². The van der Waals surface area contributed by atoms with E-state index in [0.29, 0.717) is 0 Å². The fourth-order valence-electron chi connectivity index (χ4n) is 16.6. The van der Waals surface area contributed by atoms with Gasteiger partial charge in [0.05, 0.1) is 55.8 Å². The van der Waals surface area contributed by atoms with Crippen molar-refractivity contribution in [2.45, 2.75) is 59.2 Å². The molecule has 0 fully saturated rings. The smallest absolute Gasteiger partial charge is 0.252 e. The van der Waals surface area contributed by atoms with Gasteiger partial charge in [-0.1, -0.05) is 254 Å². The molecule has 2 aliphatic heterocycles. The third-order valence-corrected chi connectivity index (χ3v) is 21.2. The normalized spacial score (nSPS) is 13.5. The summed E-state index contributed by atoms with van der Waals surface area (Å²) in [4.78, 5) is 4.97. The zero-order valence-electron chi connectivity index (χ0n) is 59.3. The second kappa shape index (κ2) is 22.1. The highest BCUT2D eigenvalue weighted by Gasteiger charge is 2.45. The van der Waals surface area contributed by atoms with Crippen LogP contribution in [-0.4, -0.2) is 20.4 Å². The summed E-state index contributed by atoms with van der Waals surface area (Å²) in [6.45, 7) is 11.0. The third-order valence-electron chi connectivity index (χ3n) is 21.2. The Labute approximate surface area is 582 Å². The van der Waals surface area contributed by atoms with Crippen LogP contribution in [0.1, 0.15) is 62.3 Å². The van der Waals surface area contributed by atoms with Crippen LogP contribution >= 0.6 is 0 Å². The summed E-state index contributed by atoms with van der Waals surface area (Å²) in [6.07, 6.45) is 0. The van der Waals surface area contributed by atoms with E-state index in [1.54, 1.807) is 0 Å². The number of rotatable bonds is 8. The number of benzene rings is 14. The van der Waals surface area contributed by atoms with Crippen molar-refractivity contribution in [2.75, 3.05) is 9.80 Å². The van der Waals surface area contributed by atoms with Crippen molar-refractivity contribution in [3.05, 3.63) is 326 Å². The summed E-state index contributed by atoms with van der Waals surface area (Å²) in [5.41, 5.74) is 27.6. The second-order valence-electron chi connectivity index (χ2n) is 29.0. The first-order valence-electron chi connectivity index (χ1n) is 36.1. The van der Waals surface area contributed by atoms with Gasteiger partial charge in [-0.3, -0.25) is 0 Å². The van der Waals surface area contributed by atoms with Gasteiger partial charge in [-0.25, -0.2) is 0 Å². The van der Waals surface area contributed by atoms with Gasteiger partial charge in [0.15, 0.2) is 0 Å². The summed E-state index contributed by atoms with van der Waals surface area (Å²) < 4.78 is 35.0. The van der Waals surface area contributed by atoms with Crippen molar-refractivity contribution in [3.8, 4) is 50.4 Å². The van der Waals surface area contributed by atoms with Gasteiger partial charge in [-0.15, -0.1) is 0 Å². The van der Waals surface area contributed by atoms with Crippen molar-refractivity contribution in [2.24, 2.45) is 0 Å². The van der Waals surface area contributed by atoms with Crippen LogP contribution < -0.4 is 26.2 Å². The lowest BCUT2D eigenvalue weighted by Crippen LogP contribution is -2.61. The maximum absolute atomic E-state index is 9.18. The zero-order valence-corrected chi connectivity index (χ0v) is 56.3. The van der Waals surface area contributed by atoms with E-state index in [4.69, 9.17) is 0 Å². The molecule has 0 bridgehead atoms. The Morgan fingerprint density at radius 3 is 1.19 bits per heavy atom. The van der Waals surface area contributed by atoms with Crippen LogP contribution in [0.25, 0.3) is 116 Å². The van der Waals surface area contributed by atoms with E-state index in [2.05, 4.69) is 362 Å². The van der Waals surface area contributed by atoms with Crippen molar-refractivity contribution in [3.63, 3.8) is 0 Å². The molecule has 0 aliphatic carbocycles. The van der Waals surface area contributed by atoms with E-state index < -0.39 is 6.85 Å². The molecular formula is C93H72BN5. The van der Waals surface area contributed by atoms with Crippen molar-refractivity contribution < 1.29 is 4.11 Å². The average molecular weight is 1270 g/mol. The molecule has 472 valence electrons. The number of hydrogen-bond acceptors (Lipinski definition) is 2. The molecule has 5 heterocycles. The van der Waals surface area contributed by atoms with Crippen LogP contribution in [0.5, 0.6) is 0 Å². The maximum atomic E-state index is 9.18. The lowest BCUT2D eigenvalue weighted by Gasteiger charge is -2.45. The largest absolute Gasteiger partial charge is 0.311 e. The molecular weight excluding hydrogens is 1200 g/mol. The average Bonchev–Trinajstić information content (AvgIpc) is 1.51. The first-order chi connectivity index (χ1) is 49.5. The van der Waals surface area contributed by atoms with Crippen LogP contribution in [0, 0.1) is 6.85 Å². The second-order valence-corrected chi connectivity index (χ2v) is 29.0. The summed E-state index contributed by atoms with van der Waals surface area (Å²) in [6, 6.07) is 113. The molecule has 3 aromatic heterocycles. The first-order valence-corrected chi connectivity index (χ1v) is 34.6. The molecule has 0 atom stereocenters. The van der Waals surface area contributed by atoms with Gasteiger partial charge in [0.2, 0.25) is 0 Å². The summed E-state index contributed by atoms with van der Waals surface area (Å²) in [5, 5.41) is 7.11. The topological polar surface area (TPSA) is 21.3 Å². The number of anilines is 6. The van der Waals surface area contributed by atoms with E-state index in [1.165, 1.54) is 32.7 Å². The summed E-state index contributed by atoms with van der Waals surface area (Å²) >= 11 is 0. The predicted octanol–water partition coefficient (Wildman–Crippen LogP) is 23.0. The van der Waals surface area contributed by atoms with Gasteiger partial charge < -0.3 is 23.5 Å². The Balaban J connectivity index is 0.985. The molecule has 0 saturated heterocycles. The van der Waals surface area contributed by atoms with Gasteiger partial charge in [0.1, 0.15) is 0 Å². The molecule has 0 spiro atoms. The highest BCUT2D eigenvalue weighted by atomic mass is 15.2. The Hall–Kier alpha value is -11.9. The zero-order chi connectivity index (χ0) is 69.1. The molecule has 14 aromatic carbocycles. The van der Waals surface area contributed by atoms with Gasteiger partial charge in [0, 0.05) is 81.6 Å². The van der Waals surface area contributed by atoms with Gasteiger partial charge in [0.25, 0.3) is 6.71 Å². The van der Waals surface area contributed by atoms with Crippen LogP contribution in [0.4, 0.5) is 34.1 Å². The molecule has 0 amide bonds. The van der Waals surface area contributed by atoms with Crippen LogP contribution in [-0.2, 0) is 10.8 Å². The predicted molar refractivity (Wildman–Crippen MR) is 422 cm³/mol. The minimum atomic E-state index is -2.42. The lowest BCUT2D eigenvalue weighted by molar-refractivity contribution is 0.590. The molecule has 0 radical (unpaired) electrons. The molecule has 0 unspecified atom stereocenters. The number of aromatic nitrogens is 3. The highest BCUT2D eigenvalue weighted by Crippen LogP contribution is 2.52. The Morgan fingerprint density at radius 1 is 0.283 bits per heavy atom. The number of hydrogen-bond donors (Lipinski definition) is 0. The standard InChI is InChI=1S/C93H72BN5/c1-59-45-49-75-86(53-59)97(77-38-20-14-31-66(77)60-27-10-8-11-28-60)88-54-62(68-37-26-44-85(96-79-40-22-16-33-69(79)70-34-17-23-41-80(70)96)91(68)99-81-42-24-18-35-71(81)72-36-19-25-43-82(72)99)55-89-90(88)94(75)76-50-48-65(58-87(76)98(89)78-39-21-15-32-67(78)61-29-12-9-13-30-61)95-83-51-46-63(92(2,3)4)56-73(83)74-57-64(93(5,6)7)47-52-84(74)95/h8-58H,1-7H3/i1D3. The summed E-state index contributed by atoms with van der Waals surface area (Å²) in [5.74, 6) is 0. The van der Waals surface area contributed by atoms with Crippen molar-refractivity contribution in [1.82, 2.24) is 13.7 Å². The molecule has 0 N–H and O–H groups in total. The monoisotopic (exact) mass is 1270 g/mol. The Morgan fingerprint density at radius 2 is 0.697 bits per heavy atom. The number of fused-ring (bicyclic) bond motifs is 13. The molecule has 19 rings (SSSR count). The molecule has 2 aliphatic rings. The number of para-hydroxylation sites is 7. The molecule has 17 aromatic rings. The quantitative estimate of drug-likeness (QED) is 0.141. The first kappa shape index (κ1) is 55.3. The summed E-state index contributed by atoms with van der Waals surface area (Å²) in [7, 11) is 0. The SMILES string of the molecule is [2H]C([2H])([2H])c1ccc2c(c1)N(c1ccccc1-c1ccccc1)c1cc(-c3cccc(-n4c5ccccc5c5ccccc54)c3-n3c4ccccc4c4ccccc43)cc3c1B2c1ccc(-n2c4ccc(C(C)(C)C)cc4c4cc(C(C)(C)C)ccc42)cc1N3c1ccccc1-c1ccccc1. The Kier molecular flexibility index (Phi) is 12.3. The van der Waals surface area contributed by atoms with E-state index >= 15 is 0 Å². The molecule has 5 nitrogen and oxygen atoms in total. The number of aryl methyl sites for hydroxylation is 1. The fraction of sp³-hybridized carbons (Fsp3) is 0.0968. The van der Waals surface area contributed by atoms with Crippen LogP contribution in [0.15, 0.2) is 309 Å². The number of nitrogens with zero attached hydrogens (tertiary/aromatic N) is 5. The van der Waals surface area contributed by atoms with Crippen molar-refractivity contribution >= 4 is 123 Å². The van der Waals surface area contributed by atoms with E-state index in [1.807, 2.05) is 12.1 Å². The highest BCUT2D eigenvalue weighted by molar-refractivity contribution is 7.00. The molecule has 99 heavy (non-hydrogen) atoms. The van der Waals surface area contributed by atoms with Gasteiger partial charge in [-0.2, -0.15) is 0 Å². The molecule has 6 heteroatoms. The van der Waals surface area contributed by atoms with Crippen LogP contribution in [0.3, 0.4) is 0 Å². The van der Waals surface area contributed by atoms with Gasteiger partial charge >= 0.3 is 0 Å². The van der Waals surface area contributed by atoms with E-state index in [9.17, 15) is 4.11 Å². The van der Waals surface area contributed by atoms with E-state index in [-0.39, 0.29) is 23.1 Å². The lowest BCUT2D eigenvalue weighted by atomic mass is 9.33. The third kappa shape index (κ3) is 9.01. The minimum absolute atomic E-state index is 0.0792. The fourth-order valence-corrected chi connectivity index (χ4v) is 16.6.